The molecule has 0 heterocycles. The summed E-state index contributed by atoms with van der Waals surface area (Å²) >= 11 is 0. The summed E-state index contributed by atoms with van der Waals surface area (Å²) in [5, 5.41) is 0. The van der Waals surface area contributed by atoms with Crippen LogP contribution in [0.4, 0.5) is 0 Å². The van der Waals surface area contributed by atoms with Gasteiger partial charge in [0.15, 0.2) is 6.10 Å². The molecule has 8 nitrogen and oxygen atoms in total. The SMILES string of the molecule is CCCC/C=C\CCCCCCCC(=O)OC(COC(=O)CCCCCCCCCCCCCCCC)COP(=O)(O)O. The molecule has 0 aliphatic heterocycles. The summed E-state index contributed by atoms with van der Waals surface area (Å²) in [5.41, 5.74) is 0. The number of hydrogen-bond donors (Lipinski definition) is 2. The van der Waals surface area contributed by atoms with E-state index in [1.807, 2.05) is 0 Å². The van der Waals surface area contributed by atoms with Crippen LogP contribution in [-0.2, 0) is 28.2 Å². The lowest BCUT2D eigenvalue weighted by Gasteiger charge is -2.18. The van der Waals surface area contributed by atoms with Gasteiger partial charge in [-0.3, -0.25) is 14.1 Å². The Morgan fingerprint density at radius 2 is 1.00 bits per heavy atom. The van der Waals surface area contributed by atoms with E-state index in [-0.39, 0.29) is 19.4 Å². The summed E-state index contributed by atoms with van der Waals surface area (Å²) in [6.07, 6.45) is 30.8. The van der Waals surface area contributed by atoms with E-state index >= 15 is 0 Å². The summed E-state index contributed by atoms with van der Waals surface area (Å²) in [6.45, 7) is 3.62. The quantitative estimate of drug-likeness (QED) is 0.0325. The number of unbranched alkanes of at least 4 members (excludes halogenated alkanes) is 20. The molecule has 0 radical (unpaired) electrons. The predicted octanol–water partition coefficient (Wildman–Crippen LogP) is 9.90. The third-order valence-corrected chi connectivity index (χ3v) is 8.02. The van der Waals surface area contributed by atoms with Crippen LogP contribution in [0.25, 0.3) is 0 Å². The number of carbonyl (C=O) groups is 2. The van der Waals surface area contributed by atoms with Crippen molar-refractivity contribution in [3.05, 3.63) is 12.2 Å². The summed E-state index contributed by atoms with van der Waals surface area (Å²) in [5.74, 6) is -0.891. The van der Waals surface area contributed by atoms with E-state index in [9.17, 15) is 14.2 Å². The lowest BCUT2D eigenvalue weighted by molar-refractivity contribution is -0.161. The molecule has 0 aromatic rings. The fraction of sp³-hybridized carbons (Fsp3) is 0.882. The third-order valence-electron chi connectivity index (χ3n) is 7.53. The lowest BCUT2D eigenvalue weighted by atomic mass is 10.0. The number of phosphoric acid groups is 1. The fourth-order valence-electron chi connectivity index (χ4n) is 4.88. The van der Waals surface area contributed by atoms with Gasteiger partial charge in [-0.15, -0.1) is 0 Å². The Morgan fingerprint density at radius 3 is 1.49 bits per heavy atom. The standard InChI is InChI=1S/C34H65O8P/c1-3-5-7-9-11-13-15-16-17-19-20-22-24-26-28-33(35)40-30-32(31-41-43(37,38)39)42-34(36)29-27-25-23-21-18-14-12-10-8-6-4-2/h10,12,32H,3-9,11,13-31H2,1-2H3,(H2,37,38,39)/b12-10-. The minimum absolute atomic E-state index is 0.205. The van der Waals surface area contributed by atoms with E-state index in [4.69, 9.17) is 19.3 Å². The molecule has 0 aliphatic rings. The minimum Gasteiger partial charge on any atom is -0.462 e. The molecule has 0 saturated carbocycles. The largest absolute Gasteiger partial charge is 0.469 e. The summed E-state index contributed by atoms with van der Waals surface area (Å²) in [6, 6.07) is 0. The van der Waals surface area contributed by atoms with E-state index in [1.165, 1.54) is 83.5 Å². The first-order valence-electron chi connectivity index (χ1n) is 17.5. The molecule has 9 heteroatoms. The van der Waals surface area contributed by atoms with Crippen molar-refractivity contribution in [2.75, 3.05) is 13.2 Å². The van der Waals surface area contributed by atoms with Crippen LogP contribution in [0, 0.1) is 0 Å². The highest BCUT2D eigenvalue weighted by Crippen LogP contribution is 2.36. The maximum Gasteiger partial charge on any atom is 0.469 e. The second kappa shape index (κ2) is 30.8. The van der Waals surface area contributed by atoms with Crippen LogP contribution in [-0.4, -0.2) is 41.0 Å². The van der Waals surface area contributed by atoms with Crippen molar-refractivity contribution in [1.29, 1.82) is 0 Å². The predicted molar refractivity (Wildman–Crippen MR) is 175 cm³/mol. The van der Waals surface area contributed by atoms with Gasteiger partial charge in [-0.2, -0.15) is 0 Å². The normalized spacial score (nSPS) is 12.6. The Labute approximate surface area is 263 Å². The molecule has 0 spiro atoms. The highest BCUT2D eigenvalue weighted by atomic mass is 31.2. The maximum absolute atomic E-state index is 12.3. The molecule has 43 heavy (non-hydrogen) atoms. The zero-order valence-electron chi connectivity index (χ0n) is 27.6. The van der Waals surface area contributed by atoms with Crippen molar-refractivity contribution >= 4 is 19.8 Å². The average Bonchev–Trinajstić information content (AvgIpc) is 2.97. The van der Waals surface area contributed by atoms with Crippen molar-refractivity contribution in [3.63, 3.8) is 0 Å². The van der Waals surface area contributed by atoms with Gasteiger partial charge in [0.2, 0.25) is 0 Å². The van der Waals surface area contributed by atoms with Crippen molar-refractivity contribution in [2.24, 2.45) is 0 Å². The molecule has 0 saturated heterocycles. The lowest BCUT2D eigenvalue weighted by Crippen LogP contribution is -2.29. The highest BCUT2D eigenvalue weighted by molar-refractivity contribution is 7.46. The highest BCUT2D eigenvalue weighted by Gasteiger charge is 2.22. The van der Waals surface area contributed by atoms with Crippen LogP contribution in [0.5, 0.6) is 0 Å². The molecule has 0 aromatic carbocycles. The van der Waals surface area contributed by atoms with Crippen molar-refractivity contribution in [1.82, 2.24) is 0 Å². The molecule has 0 aromatic heterocycles. The summed E-state index contributed by atoms with van der Waals surface area (Å²) < 4.78 is 26.2. The van der Waals surface area contributed by atoms with E-state index in [1.54, 1.807) is 0 Å². The topological polar surface area (TPSA) is 119 Å². The monoisotopic (exact) mass is 632 g/mol. The Hall–Kier alpha value is -1.21. The van der Waals surface area contributed by atoms with Crippen molar-refractivity contribution in [3.8, 4) is 0 Å². The number of rotatable bonds is 32. The Balaban J connectivity index is 3.97. The molecular weight excluding hydrogens is 567 g/mol. The molecule has 0 bridgehead atoms. The molecule has 254 valence electrons. The fourth-order valence-corrected chi connectivity index (χ4v) is 5.24. The molecular formula is C34H65O8P. The Morgan fingerprint density at radius 1 is 0.581 bits per heavy atom. The second-order valence-corrected chi connectivity index (χ2v) is 13.1. The zero-order chi connectivity index (χ0) is 31.9. The number of phosphoric ester groups is 1. The molecule has 0 fully saturated rings. The number of ether oxygens (including phenoxy) is 2. The second-order valence-electron chi connectivity index (χ2n) is 11.8. The van der Waals surface area contributed by atoms with Crippen LogP contribution >= 0.6 is 7.82 Å². The molecule has 2 N–H and O–H groups in total. The smallest absolute Gasteiger partial charge is 0.462 e. The maximum atomic E-state index is 12.3. The van der Waals surface area contributed by atoms with E-state index in [0.717, 1.165) is 57.8 Å². The van der Waals surface area contributed by atoms with Crippen LogP contribution in [0.15, 0.2) is 12.2 Å². The third kappa shape index (κ3) is 33.5. The zero-order valence-corrected chi connectivity index (χ0v) is 28.5. The molecule has 1 atom stereocenters. The number of allylic oxidation sites excluding steroid dienone is 2. The van der Waals surface area contributed by atoms with E-state index in [0.29, 0.717) is 6.42 Å². The number of carbonyl (C=O) groups excluding carboxylic acids is 2. The van der Waals surface area contributed by atoms with Crippen LogP contribution in [0.2, 0.25) is 0 Å². The van der Waals surface area contributed by atoms with Gasteiger partial charge >= 0.3 is 19.8 Å². The first-order valence-corrected chi connectivity index (χ1v) is 19.0. The molecule has 0 aliphatic carbocycles. The van der Waals surface area contributed by atoms with Crippen LogP contribution in [0.1, 0.15) is 174 Å². The van der Waals surface area contributed by atoms with Crippen molar-refractivity contribution < 1.29 is 37.9 Å². The number of hydrogen-bond acceptors (Lipinski definition) is 6. The Bertz CT molecular complexity index is 721. The molecule has 0 rings (SSSR count). The Kier molecular flexibility index (Phi) is 29.9. The van der Waals surface area contributed by atoms with Gasteiger partial charge in [-0.05, 0) is 32.1 Å². The van der Waals surface area contributed by atoms with Crippen molar-refractivity contribution in [2.45, 2.75) is 180 Å². The summed E-state index contributed by atoms with van der Waals surface area (Å²) in [7, 11) is -4.74. The van der Waals surface area contributed by atoms with Gasteiger partial charge < -0.3 is 19.3 Å². The first kappa shape index (κ1) is 41.8. The van der Waals surface area contributed by atoms with Gasteiger partial charge in [0.05, 0.1) is 6.61 Å². The molecule has 1 unspecified atom stereocenters. The average molecular weight is 633 g/mol. The van der Waals surface area contributed by atoms with Gasteiger partial charge in [0.1, 0.15) is 6.61 Å². The van der Waals surface area contributed by atoms with Gasteiger partial charge in [0, 0.05) is 12.8 Å². The first-order chi connectivity index (χ1) is 20.8. The summed E-state index contributed by atoms with van der Waals surface area (Å²) in [4.78, 5) is 42.5. The number of esters is 2. The van der Waals surface area contributed by atoms with Gasteiger partial charge in [-0.25, -0.2) is 4.57 Å². The van der Waals surface area contributed by atoms with Gasteiger partial charge in [-0.1, -0.05) is 142 Å². The van der Waals surface area contributed by atoms with Gasteiger partial charge in [0.25, 0.3) is 0 Å². The van der Waals surface area contributed by atoms with E-state index < -0.39 is 32.5 Å². The van der Waals surface area contributed by atoms with E-state index in [2.05, 4.69) is 30.5 Å². The van der Waals surface area contributed by atoms with Crippen LogP contribution in [0.3, 0.4) is 0 Å². The van der Waals surface area contributed by atoms with Crippen LogP contribution < -0.4 is 0 Å². The molecule has 0 amide bonds. The minimum atomic E-state index is -4.74.